The molecule has 0 aromatic heterocycles. The predicted molar refractivity (Wildman–Crippen MR) is 68.2 cm³/mol. The van der Waals surface area contributed by atoms with Crippen molar-refractivity contribution in [2.45, 2.75) is 25.6 Å². The second kappa shape index (κ2) is 6.98. The van der Waals surface area contributed by atoms with Crippen molar-refractivity contribution >= 4 is 11.7 Å². The summed E-state index contributed by atoms with van der Waals surface area (Å²) >= 11 is 0. The van der Waals surface area contributed by atoms with Gasteiger partial charge in [0.15, 0.2) is 0 Å². The number of esters is 1. The van der Waals surface area contributed by atoms with E-state index in [0.29, 0.717) is 5.56 Å². The van der Waals surface area contributed by atoms with Gasteiger partial charge < -0.3 is 20.3 Å². The molecule has 0 aliphatic heterocycles. The lowest BCUT2D eigenvalue weighted by Crippen LogP contribution is -2.23. The highest BCUT2D eigenvalue weighted by atomic mass is 16.5. The van der Waals surface area contributed by atoms with E-state index in [4.69, 9.17) is 4.74 Å². The van der Waals surface area contributed by atoms with E-state index in [1.807, 2.05) is 6.07 Å². The molecule has 0 saturated heterocycles. The normalized spacial score (nSPS) is 13.8. The minimum atomic E-state index is -1.17. The van der Waals surface area contributed by atoms with Crippen molar-refractivity contribution in [3.63, 3.8) is 0 Å². The van der Waals surface area contributed by atoms with Gasteiger partial charge in [0.05, 0.1) is 19.1 Å². The molecule has 1 aromatic carbocycles. The second-order valence-electron chi connectivity index (χ2n) is 3.90. The van der Waals surface area contributed by atoms with Crippen LogP contribution in [0.3, 0.4) is 0 Å². The van der Waals surface area contributed by atoms with Crippen LogP contribution in [0.5, 0.6) is 0 Å². The van der Waals surface area contributed by atoms with Gasteiger partial charge in [-0.1, -0.05) is 12.1 Å². The van der Waals surface area contributed by atoms with Crippen LogP contribution in [0.2, 0.25) is 0 Å². The molecule has 1 aromatic rings. The molecule has 0 spiro atoms. The Labute approximate surface area is 106 Å². The number of rotatable bonds is 6. The number of ether oxygens (including phenoxy) is 1. The van der Waals surface area contributed by atoms with Crippen molar-refractivity contribution < 1.29 is 19.7 Å². The van der Waals surface area contributed by atoms with Gasteiger partial charge in [-0.05, 0) is 24.6 Å². The van der Waals surface area contributed by atoms with E-state index >= 15 is 0 Å². The fourth-order valence-corrected chi connectivity index (χ4v) is 1.60. The highest BCUT2D eigenvalue weighted by Crippen LogP contribution is 2.22. The summed E-state index contributed by atoms with van der Waals surface area (Å²) in [6.07, 6.45) is -2.50. The van der Waals surface area contributed by atoms with Crippen LogP contribution in [0, 0.1) is 0 Å². The quantitative estimate of drug-likeness (QED) is 0.661. The minimum absolute atomic E-state index is 0.223. The molecule has 0 bridgehead atoms. The lowest BCUT2D eigenvalue weighted by molar-refractivity contribution is -0.147. The summed E-state index contributed by atoms with van der Waals surface area (Å²) < 4.78 is 4.72. The fourth-order valence-electron chi connectivity index (χ4n) is 1.60. The van der Waals surface area contributed by atoms with Crippen LogP contribution in [-0.2, 0) is 9.53 Å². The van der Waals surface area contributed by atoms with E-state index in [0.717, 1.165) is 5.69 Å². The second-order valence-corrected chi connectivity index (χ2v) is 3.90. The first-order chi connectivity index (χ1) is 8.58. The van der Waals surface area contributed by atoms with Gasteiger partial charge in [-0.2, -0.15) is 0 Å². The number of hydrogen-bond acceptors (Lipinski definition) is 5. The zero-order valence-corrected chi connectivity index (χ0v) is 10.6. The summed E-state index contributed by atoms with van der Waals surface area (Å²) in [5, 5.41) is 22.6. The van der Waals surface area contributed by atoms with Crippen LogP contribution in [0.1, 0.15) is 25.0 Å². The van der Waals surface area contributed by atoms with Gasteiger partial charge in [0, 0.05) is 12.7 Å². The summed E-state index contributed by atoms with van der Waals surface area (Å²) in [7, 11) is 1.76. The number of hydrogen-bond donors (Lipinski definition) is 3. The summed E-state index contributed by atoms with van der Waals surface area (Å²) in [5.41, 5.74) is 1.38. The molecule has 1 rings (SSSR count). The van der Waals surface area contributed by atoms with Crippen LogP contribution < -0.4 is 5.32 Å². The lowest BCUT2D eigenvalue weighted by Gasteiger charge is -2.18. The van der Waals surface area contributed by atoms with Crippen molar-refractivity contribution in [1.29, 1.82) is 0 Å². The summed E-state index contributed by atoms with van der Waals surface area (Å²) in [4.78, 5) is 11.2. The molecule has 5 nitrogen and oxygen atoms in total. The Morgan fingerprint density at radius 3 is 2.78 bits per heavy atom. The average Bonchev–Trinajstić information content (AvgIpc) is 2.38. The molecule has 0 fully saturated rings. The van der Waals surface area contributed by atoms with Crippen LogP contribution in [-0.4, -0.2) is 35.9 Å². The number of carbonyl (C=O) groups excluding carboxylic acids is 1. The van der Waals surface area contributed by atoms with Crippen LogP contribution in [0.25, 0.3) is 0 Å². The molecule has 5 heteroatoms. The van der Waals surface area contributed by atoms with Crippen molar-refractivity contribution in [1.82, 2.24) is 0 Å². The Morgan fingerprint density at radius 2 is 2.17 bits per heavy atom. The Hall–Kier alpha value is -1.59. The fraction of sp³-hybridized carbons (Fsp3) is 0.462. The zero-order chi connectivity index (χ0) is 13.5. The number of benzene rings is 1. The molecular weight excluding hydrogens is 234 g/mol. The summed E-state index contributed by atoms with van der Waals surface area (Å²) in [6.45, 7) is 1.95. The van der Waals surface area contributed by atoms with E-state index in [9.17, 15) is 15.0 Å². The van der Waals surface area contributed by atoms with Crippen LogP contribution >= 0.6 is 0 Å². The topological polar surface area (TPSA) is 78.8 Å². The molecule has 100 valence electrons. The Balaban J connectivity index is 2.67. The number of anilines is 1. The third-order valence-electron chi connectivity index (χ3n) is 2.56. The van der Waals surface area contributed by atoms with Crippen molar-refractivity contribution in [2.75, 3.05) is 19.0 Å². The van der Waals surface area contributed by atoms with Crippen LogP contribution in [0.4, 0.5) is 5.69 Å². The standard InChI is InChI=1S/C13H19NO4/c1-3-18-12(16)8-11(15)13(17)9-5-4-6-10(7-9)14-2/h4-7,11,13-15,17H,3,8H2,1-2H3. The van der Waals surface area contributed by atoms with Crippen molar-refractivity contribution in [3.05, 3.63) is 29.8 Å². The van der Waals surface area contributed by atoms with E-state index in [1.54, 1.807) is 32.2 Å². The van der Waals surface area contributed by atoms with Gasteiger partial charge in [-0.3, -0.25) is 4.79 Å². The molecule has 2 unspecified atom stereocenters. The van der Waals surface area contributed by atoms with Crippen molar-refractivity contribution in [2.24, 2.45) is 0 Å². The number of carbonyl (C=O) groups is 1. The molecule has 3 N–H and O–H groups in total. The van der Waals surface area contributed by atoms with Gasteiger partial charge in [0.2, 0.25) is 0 Å². The van der Waals surface area contributed by atoms with Crippen LogP contribution in [0.15, 0.2) is 24.3 Å². The smallest absolute Gasteiger partial charge is 0.308 e. The maximum atomic E-state index is 11.2. The molecule has 2 atom stereocenters. The first-order valence-electron chi connectivity index (χ1n) is 5.88. The SMILES string of the molecule is CCOC(=O)CC(O)C(O)c1cccc(NC)c1. The first-order valence-corrected chi connectivity index (χ1v) is 5.88. The van der Waals surface area contributed by atoms with Gasteiger partial charge in [-0.15, -0.1) is 0 Å². The highest BCUT2D eigenvalue weighted by molar-refractivity contribution is 5.70. The monoisotopic (exact) mass is 253 g/mol. The van der Waals surface area contributed by atoms with E-state index in [2.05, 4.69) is 5.32 Å². The third kappa shape index (κ3) is 4.01. The Bertz CT molecular complexity index is 394. The number of nitrogens with one attached hydrogen (secondary N) is 1. The van der Waals surface area contributed by atoms with Gasteiger partial charge in [0.1, 0.15) is 6.10 Å². The number of aliphatic hydroxyl groups excluding tert-OH is 2. The summed E-state index contributed by atoms with van der Waals surface area (Å²) in [5.74, 6) is -0.520. The molecule has 0 amide bonds. The third-order valence-corrected chi connectivity index (χ3v) is 2.56. The molecule has 0 saturated carbocycles. The van der Waals surface area contributed by atoms with E-state index in [1.165, 1.54) is 0 Å². The molecule has 0 aliphatic carbocycles. The van der Waals surface area contributed by atoms with Gasteiger partial charge >= 0.3 is 5.97 Å². The first kappa shape index (κ1) is 14.5. The van der Waals surface area contributed by atoms with Crippen molar-refractivity contribution in [3.8, 4) is 0 Å². The number of aliphatic hydroxyl groups is 2. The average molecular weight is 253 g/mol. The maximum absolute atomic E-state index is 11.2. The van der Waals surface area contributed by atoms with Gasteiger partial charge in [-0.25, -0.2) is 0 Å². The zero-order valence-electron chi connectivity index (χ0n) is 10.6. The Morgan fingerprint density at radius 1 is 1.44 bits per heavy atom. The molecular formula is C13H19NO4. The molecule has 18 heavy (non-hydrogen) atoms. The molecule has 0 heterocycles. The largest absolute Gasteiger partial charge is 0.466 e. The maximum Gasteiger partial charge on any atom is 0.308 e. The predicted octanol–water partition coefficient (Wildman–Crippen LogP) is 1.08. The van der Waals surface area contributed by atoms with E-state index in [-0.39, 0.29) is 13.0 Å². The summed E-state index contributed by atoms with van der Waals surface area (Å²) in [6, 6.07) is 7.02. The van der Waals surface area contributed by atoms with E-state index < -0.39 is 18.2 Å². The highest BCUT2D eigenvalue weighted by Gasteiger charge is 2.22. The van der Waals surface area contributed by atoms with Gasteiger partial charge in [0.25, 0.3) is 0 Å². The molecule has 0 radical (unpaired) electrons. The lowest BCUT2D eigenvalue weighted by atomic mass is 10.0. The molecule has 0 aliphatic rings. The minimum Gasteiger partial charge on any atom is -0.466 e. The Kier molecular flexibility index (Phi) is 5.61.